The molecule has 2 aliphatic heterocycles. The van der Waals surface area contributed by atoms with E-state index in [4.69, 9.17) is 4.42 Å². The molecule has 3 heterocycles. The number of aromatic nitrogens is 2. The van der Waals surface area contributed by atoms with Crippen LogP contribution in [-0.2, 0) is 17.8 Å². The fourth-order valence-electron chi connectivity index (χ4n) is 3.64. The lowest BCUT2D eigenvalue weighted by molar-refractivity contribution is -0.130. The average Bonchev–Trinajstić information content (AvgIpc) is 3.28. The number of amides is 3. The van der Waals surface area contributed by atoms with Crippen molar-refractivity contribution in [1.29, 1.82) is 0 Å². The first-order valence-electron chi connectivity index (χ1n) is 8.65. The van der Waals surface area contributed by atoms with Crippen LogP contribution in [0.25, 0.3) is 0 Å². The van der Waals surface area contributed by atoms with Gasteiger partial charge in [0.1, 0.15) is 5.54 Å². The number of nitrogens with one attached hydrogen (secondary N) is 1. The van der Waals surface area contributed by atoms with Gasteiger partial charge < -0.3 is 9.73 Å². The Hall–Kier alpha value is -2.74. The number of rotatable bonds is 4. The van der Waals surface area contributed by atoms with Crippen LogP contribution in [0, 0.1) is 6.92 Å². The van der Waals surface area contributed by atoms with Gasteiger partial charge in [-0.05, 0) is 24.5 Å². The molecular weight excluding hydrogens is 334 g/mol. The van der Waals surface area contributed by atoms with E-state index < -0.39 is 5.54 Å². The lowest BCUT2D eigenvalue weighted by Crippen LogP contribution is -2.49. The molecule has 26 heavy (non-hydrogen) atoms. The van der Waals surface area contributed by atoms with E-state index in [-0.39, 0.29) is 11.9 Å². The van der Waals surface area contributed by atoms with Gasteiger partial charge in [-0.15, -0.1) is 10.2 Å². The van der Waals surface area contributed by atoms with E-state index in [0.29, 0.717) is 44.3 Å². The van der Waals surface area contributed by atoms with Crippen LogP contribution in [0.3, 0.4) is 0 Å². The Morgan fingerprint density at radius 2 is 2.00 bits per heavy atom. The van der Waals surface area contributed by atoms with Gasteiger partial charge in [0, 0.05) is 20.1 Å². The molecule has 8 heteroatoms. The van der Waals surface area contributed by atoms with E-state index in [9.17, 15) is 9.59 Å². The first kappa shape index (κ1) is 16.7. The number of carbonyl (C=O) groups is 2. The molecule has 1 N–H and O–H groups in total. The molecule has 1 aromatic heterocycles. The van der Waals surface area contributed by atoms with Crippen molar-refractivity contribution in [1.82, 2.24) is 25.3 Å². The highest BCUT2D eigenvalue weighted by atomic mass is 16.4. The summed E-state index contributed by atoms with van der Waals surface area (Å²) in [6, 6.07) is 7.76. The molecule has 0 saturated carbocycles. The van der Waals surface area contributed by atoms with Crippen molar-refractivity contribution >= 4 is 11.9 Å². The second-order valence-electron chi connectivity index (χ2n) is 7.03. The quantitative estimate of drug-likeness (QED) is 0.826. The van der Waals surface area contributed by atoms with Crippen molar-refractivity contribution in [2.24, 2.45) is 0 Å². The fraction of sp³-hybridized carbons (Fsp3) is 0.444. The summed E-state index contributed by atoms with van der Waals surface area (Å²) < 4.78 is 5.78. The molecule has 1 spiro atoms. The summed E-state index contributed by atoms with van der Waals surface area (Å²) in [5.41, 5.74) is 1.54. The summed E-state index contributed by atoms with van der Waals surface area (Å²) in [7, 11) is 1.50. The molecule has 4 rings (SSSR count). The lowest BCUT2D eigenvalue weighted by atomic mass is 9.99. The molecule has 0 bridgehead atoms. The molecule has 8 nitrogen and oxygen atoms in total. The zero-order chi connectivity index (χ0) is 18.3. The monoisotopic (exact) mass is 355 g/mol. The van der Waals surface area contributed by atoms with Gasteiger partial charge in [-0.1, -0.05) is 24.3 Å². The molecule has 2 fully saturated rings. The topological polar surface area (TPSA) is 91.6 Å². The predicted molar refractivity (Wildman–Crippen MR) is 92.2 cm³/mol. The normalized spacial score (nSPS) is 23.2. The second-order valence-corrected chi connectivity index (χ2v) is 7.03. The van der Waals surface area contributed by atoms with Crippen LogP contribution >= 0.6 is 0 Å². The fourth-order valence-corrected chi connectivity index (χ4v) is 3.64. The summed E-state index contributed by atoms with van der Waals surface area (Å²) in [6.45, 7) is 3.67. The molecule has 1 atom stereocenters. The number of urea groups is 1. The van der Waals surface area contributed by atoms with Crippen molar-refractivity contribution in [2.75, 3.05) is 20.1 Å². The molecule has 2 aliphatic rings. The van der Waals surface area contributed by atoms with E-state index in [1.165, 1.54) is 12.6 Å². The van der Waals surface area contributed by atoms with Crippen molar-refractivity contribution in [3.05, 3.63) is 47.2 Å². The summed E-state index contributed by atoms with van der Waals surface area (Å²) in [5, 5.41) is 11.1. The van der Waals surface area contributed by atoms with E-state index >= 15 is 0 Å². The minimum Gasteiger partial charge on any atom is -0.424 e. The van der Waals surface area contributed by atoms with Crippen molar-refractivity contribution in [3.63, 3.8) is 0 Å². The van der Waals surface area contributed by atoms with Crippen LogP contribution in [-0.4, -0.2) is 57.6 Å². The number of carbonyl (C=O) groups excluding carboxylic acids is 2. The van der Waals surface area contributed by atoms with Crippen LogP contribution in [0.5, 0.6) is 0 Å². The van der Waals surface area contributed by atoms with Crippen LogP contribution in [0.15, 0.2) is 28.7 Å². The van der Waals surface area contributed by atoms with Crippen molar-refractivity contribution in [2.45, 2.75) is 31.8 Å². The maximum atomic E-state index is 12.3. The number of hydrogen-bond acceptors (Lipinski definition) is 6. The Morgan fingerprint density at radius 1 is 1.23 bits per heavy atom. The molecule has 3 amide bonds. The predicted octanol–water partition coefficient (Wildman–Crippen LogP) is 1.09. The minimum absolute atomic E-state index is 0.171. The van der Waals surface area contributed by atoms with E-state index in [1.807, 2.05) is 18.2 Å². The minimum atomic E-state index is -0.810. The SMILES string of the molecule is Cc1ccccc1Cc1nnc(CN2CCC3(C2)NC(=O)N(C)C3=O)o1. The van der Waals surface area contributed by atoms with Gasteiger partial charge in [0.15, 0.2) is 0 Å². The average molecular weight is 355 g/mol. The Bertz CT molecular complexity index is 864. The molecule has 1 aromatic carbocycles. The summed E-state index contributed by atoms with van der Waals surface area (Å²) in [5.74, 6) is 0.930. The Labute approximate surface area is 151 Å². The van der Waals surface area contributed by atoms with Crippen molar-refractivity contribution < 1.29 is 14.0 Å². The Kier molecular flexibility index (Phi) is 3.99. The molecule has 0 radical (unpaired) electrons. The largest absolute Gasteiger partial charge is 0.424 e. The highest BCUT2D eigenvalue weighted by molar-refractivity contribution is 6.07. The van der Waals surface area contributed by atoms with Crippen LogP contribution in [0.1, 0.15) is 29.3 Å². The first-order chi connectivity index (χ1) is 12.5. The third kappa shape index (κ3) is 2.86. The van der Waals surface area contributed by atoms with Gasteiger partial charge in [-0.25, -0.2) is 4.79 Å². The first-order valence-corrected chi connectivity index (χ1v) is 8.65. The third-order valence-electron chi connectivity index (χ3n) is 5.18. The Morgan fingerprint density at radius 3 is 2.73 bits per heavy atom. The van der Waals surface area contributed by atoms with E-state index in [1.54, 1.807) is 0 Å². The Balaban J connectivity index is 1.40. The second kappa shape index (κ2) is 6.21. The van der Waals surface area contributed by atoms with E-state index in [0.717, 1.165) is 10.5 Å². The highest BCUT2D eigenvalue weighted by Gasteiger charge is 2.53. The standard InChI is InChI=1S/C18H21N5O3/c1-12-5-3-4-6-13(12)9-14-20-21-15(26-14)10-23-8-7-18(11-23)16(24)22(2)17(25)19-18/h3-6H,7-11H2,1-2H3,(H,19,25). The summed E-state index contributed by atoms with van der Waals surface area (Å²) in [4.78, 5) is 27.3. The number of aryl methyl sites for hydroxylation is 1. The zero-order valence-corrected chi connectivity index (χ0v) is 14.9. The van der Waals surface area contributed by atoms with Crippen LogP contribution < -0.4 is 5.32 Å². The molecule has 1 unspecified atom stereocenters. The number of likely N-dealkylation sites (N-methyl/N-ethyl adjacent to an activating group) is 1. The van der Waals surface area contributed by atoms with Gasteiger partial charge in [-0.2, -0.15) is 0 Å². The summed E-state index contributed by atoms with van der Waals surface area (Å²) in [6.07, 6.45) is 1.19. The number of likely N-dealkylation sites (tertiary alicyclic amines) is 1. The van der Waals surface area contributed by atoms with Crippen LogP contribution in [0.2, 0.25) is 0 Å². The van der Waals surface area contributed by atoms with Crippen LogP contribution in [0.4, 0.5) is 4.79 Å². The number of benzene rings is 1. The van der Waals surface area contributed by atoms with Crippen molar-refractivity contribution in [3.8, 4) is 0 Å². The molecule has 2 aromatic rings. The molecule has 136 valence electrons. The number of hydrogen-bond donors (Lipinski definition) is 1. The lowest BCUT2D eigenvalue weighted by Gasteiger charge is -2.20. The van der Waals surface area contributed by atoms with E-state index in [2.05, 4.69) is 33.4 Å². The molecule has 2 saturated heterocycles. The zero-order valence-electron chi connectivity index (χ0n) is 14.9. The van der Waals surface area contributed by atoms with Gasteiger partial charge >= 0.3 is 6.03 Å². The third-order valence-corrected chi connectivity index (χ3v) is 5.18. The van der Waals surface area contributed by atoms with Gasteiger partial charge in [-0.3, -0.25) is 14.6 Å². The maximum Gasteiger partial charge on any atom is 0.324 e. The highest BCUT2D eigenvalue weighted by Crippen LogP contribution is 2.28. The molecule has 0 aliphatic carbocycles. The van der Waals surface area contributed by atoms with Gasteiger partial charge in [0.2, 0.25) is 11.8 Å². The van der Waals surface area contributed by atoms with Gasteiger partial charge in [0.05, 0.1) is 13.0 Å². The van der Waals surface area contributed by atoms with Gasteiger partial charge in [0.25, 0.3) is 5.91 Å². The number of nitrogens with zero attached hydrogens (tertiary/aromatic N) is 4. The summed E-state index contributed by atoms with van der Waals surface area (Å²) >= 11 is 0. The number of imide groups is 1. The maximum absolute atomic E-state index is 12.3. The molecular formula is C18H21N5O3. The smallest absolute Gasteiger partial charge is 0.324 e.